The summed E-state index contributed by atoms with van der Waals surface area (Å²) in [5, 5.41) is 13.5. The lowest BCUT2D eigenvalue weighted by Crippen LogP contribution is -2.12. The first-order valence-electron chi connectivity index (χ1n) is 5.64. The number of halogens is 1. The van der Waals surface area contributed by atoms with Gasteiger partial charge in [-0.15, -0.1) is 0 Å². The lowest BCUT2D eigenvalue weighted by molar-refractivity contribution is 0.432. The summed E-state index contributed by atoms with van der Waals surface area (Å²) in [6.07, 6.45) is 0. The number of aromatic hydroxyl groups is 1. The molecule has 0 amide bonds. The summed E-state index contributed by atoms with van der Waals surface area (Å²) >= 11 is 0. The summed E-state index contributed by atoms with van der Waals surface area (Å²) < 4.78 is 14.8. The van der Waals surface area contributed by atoms with Crippen LogP contribution in [0.4, 0.5) is 10.2 Å². The molecular formula is C13H16FN3O. The van der Waals surface area contributed by atoms with Crippen LogP contribution >= 0.6 is 0 Å². The van der Waals surface area contributed by atoms with Crippen molar-refractivity contribution >= 4 is 5.82 Å². The van der Waals surface area contributed by atoms with E-state index in [-0.39, 0.29) is 11.2 Å². The molecule has 0 radical (unpaired) electrons. The van der Waals surface area contributed by atoms with Crippen LogP contribution in [0.3, 0.4) is 0 Å². The molecule has 2 rings (SSSR count). The number of phenolic OH excluding ortho intramolecular Hbond substituents is 1. The molecule has 0 unspecified atom stereocenters. The van der Waals surface area contributed by atoms with Crippen LogP contribution in [0.2, 0.25) is 0 Å². The first-order valence-corrected chi connectivity index (χ1v) is 5.64. The van der Waals surface area contributed by atoms with Gasteiger partial charge in [0.1, 0.15) is 5.82 Å². The van der Waals surface area contributed by atoms with Crippen molar-refractivity contribution in [3.8, 4) is 11.4 Å². The van der Waals surface area contributed by atoms with E-state index in [4.69, 9.17) is 10.8 Å². The van der Waals surface area contributed by atoms with Crippen molar-refractivity contribution < 1.29 is 9.50 Å². The van der Waals surface area contributed by atoms with Gasteiger partial charge in [-0.3, -0.25) is 0 Å². The lowest BCUT2D eigenvalue weighted by atomic mass is 9.92. The number of nitrogen functional groups attached to an aromatic ring is 1. The fraction of sp³-hybridized carbons (Fsp3) is 0.308. The van der Waals surface area contributed by atoms with Crippen LogP contribution in [0.15, 0.2) is 24.3 Å². The topological polar surface area (TPSA) is 64.1 Å². The van der Waals surface area contributed by atoms with E-state index in [9.17, 15) is 4.39 Å². The third-order valence-electron chi connectivity index (χ3n) is 2.68. The van der Waals surface area contributed by atoms with E-state index in [1.165, 1.54) is 16.8 Å². The second-order valence-corrected chi connectivity index (χ2v) is 5.25. The van der Waals surface area contributed by atoms with E-state index < -0.39 is 5.82 Å². The number of aromatic nitrogens is 2. The van der Waals surface area contributed by atoms with Gasteiger partial charge in [-0.1, -0.05) is 20.8 Å². The largest absolute Gasteiger partial charge is 0.505 e. The Kier molecular flexibility index (Phi) is 2.77. The van der Waals surface area contributed by atoms with Crippen molar-refractivity contribution in [1.29, 1.82) is 0 Å². The first kappa shape index (κ1) is 12.4. The molecule has 0 saturated carbocycles. The zero-order valence-corrected chi connectivity index (χ0v) is 10.6. The Morgan fingerprint density at radius 3 is 2.44 bits per heavy atom. The zero-order chi connectivity index (χ0) is 13.5. The number of hydrogen-bond acceptors (Lipinski definition) is 3. The van der Waals surface area contributed by atoms with Gasteiger partial charge in [0.15, 0.2) is 11.6 Å². The predicted molar refractivity (Wildman–Crippen MR) is 68.3 cm³/mol. The van der Waals surface area contributed by atoms with Crippen molar-refractivity contribution in [1.82, 2.24) is 9.78 Å². The Morgan fingerprint density at radius 1 is 1.28 bits per heavy atom. The molecule has 1 aromatic heterocycles. The van der Waals surface area contributed by atoms with Crippen LogP contribution in [-0.4, -0.2) is 14.9 Å². The number of nitrogens with two attached hydrogens (primary N) is 1. The summed E-state index contributed by atoms with van der Waals surface area (Å²) in [6.45, 7) is 6.07. The van der Waals surface area contributed by atoms with Crippen molar-refractivity contribution in [3.63, 3.8) is 0 Å². The highest BCUT2D eigenvalue weighted by Gasteiger charge is 2.19. The molecule has 18 heavy (non-hydrogen) atoms. The van der Waals surface area contributed by atoms with E-state index in [2.05, 4.69) is 5.10 Å². The Bertz CT molecular complexity index is 584. The molecular weight excluding hydrogens is 233 g/mol. The molecule has 1 heterocycles. The molecule has 0 spiro atoms. The number of phenols is 1. The van der Waals surface area contributed by atoms with Gasteiger partial charge >= 0.3 is 0 Å². The monoisotopic (exact) mass is 249 g/mol. The van der Waals surface area contributed by atoms with Crippen molar-refractivity contribution in [2.75, 3.05) is 5.73 Å². The fourth-order valence-corrected chi connectivity index (χ4v) is 1.60. The number of anilines is 1. The number of hydrogen-bond donors (Lipinski definition) is 2. The molecule has 0 fully saturated rings. The highest BCUT2D eigenvalue weighted by atomic mass is 19.1. The van der Waals surface area contributed by atoms with Gasteiger partial charge in [0.25, 0.3) is 0 Å². The van der Waals surface area contributed by atoms with Crippen LogP contribution in [0.1, 0.15) is 26.5 Å². The lowest BCUT2D eigenvalue weighted by Gasteiger charge is -2.14. The fourth-order valence-electron chi connectivity index (χ4n) is 1.60. The number of rotatable bonds is 1. The second kappa shape index (κ2) is 4.01. The second-order valence-electron chi connectivity index (χ2n) is 5.25. The van der Waals surface area contributed by atoms with Crippen LogP contribution in [0.5, 0.6) is 5.75 Å². The molecule has 96 valence electrons. The molecule has 0 saturated heterocycles. The van der Waals surface area contributed by atoms with Crippen molar-refractivity contribution in [3.05, 3.63) is 35.8 Å². The maximum absolute atomic E-state index is 13.3. The van der Waals surface area contributed by atoms with E-state index in [0.717, 1.165) is 5.69 Å². The minimum Gasteiger partial charge on any atom is -0.505 e. The van der Waals surface area contributed by atoms with Crippen LogP contribution in [0, 0.1) is 5.82 Å². The molecule has 0 aliphatic carbocycles. The predicted octanol–water partition coefficient (Wildman–Crippen LogP) is 2.60. The summed E-state index contributed by atoms with van der Waals surface area (Å²) in [6, 6.07) is 5.81. The van der Waals surface area contributed by atoms with Crippen LogP contribution in [-0.2, 0) is 5.41 Å². The van der Waals surface area contributed by atoms with E-state index >= 15 is 0 Å². The van der Waals surface area contributed by atoms with E-state index in [1.54, 1.807) is 12.1 Å². The Hall–Kier alpha value is -2.04. The summed E-state index contributed by atoms with van der Waals surface area (Å²) in [5.41, 5.74) is 7.06. The van der Waals surface area contributed by atoms with Gasteiger partial charge in [0.2, 0.25) is 0 Å². The van der Waals surface area contributed by atoms with Gasteiger partial charge in [-0.05, 0) is 12.1 Å². The Balaban J connectivity index is 2.51. The van der Waals surface area contributed by atoms with E-state index in [0.29, 0.717) is 11.5 Å². The Labute approximate surface area is 105 Å². The molecule has 3 N–H and O–H groups in total. The zero-order valence-electron chi connectivity index (χ0n) is 10.6. The minimum atomic E-state index is -0.695. The summed E-state index contributed by atoms with van der Waals surface area (Å²) in [7, 11) is 0. The van der Waals surface area contributed by atoms with Gasteiger partial charge in [-0.25, -0.2) is 9.07 Å². The third-order valence-corrected chi connectivity index (χ3v) is 2.68. The SMILES string of the molecule is CC(C)(C)c1cc(N)n(-c2ccc(O)c(F)c2)n1. The summed E-state index contributed by atoms with van der Waals surface area (Å²) in [4.78, 5) is 0. The smallest absolute Gasteiger partial charge is 0.166 e. The van der Waals surface area contributed by atoms with Crippen LogP contribution in [0.25, 0.3) is 5.69 Å². The average Bonchev–Trinajstić information content (AvgIpc) is 2.64. The quantitative estimate of drug-likeness (QED) is 0.816. The first-order chi connectivity index (χ1) is 8.29. The number of benzene rings is 1. The van der Waals surface area contributed by atoms with Crippen molar-refractivity contribution in [2.45, 2.75) is 26.2 Å². The normalized spacial score (nSPS) is 11.8. The molecule has 0 atom stereocenters. The minimum absolute atomic E-state index is 0.130. The van der Waals surface area contributed by atoms with Gasteiger partial charge in [-0.2, -0.15) is 5.10 Å². The Morgan fingerprint density at radius 2 is 1.94 bits per heavy atom. The maximum Gasteiger partial charge on any atom is 0.166 e. The molecule has 4 nitrogen and oxygen atoms in total. The van der Waals surface area contributed by atoms with Gasteiger partial charge in [0, 0.05) is 17.5 Å². The third kappa shape index (κ3) is 2.16. The standard InChI is InChI=1S/C13H16FN3O/c1-13(2,3)11-7-12(15)17(16-11)8-4-5-10(18)9(14)6-8/h4-7,18H,15H2,1-3H3. The van der Waals surface area contributed by atoms with Crippen LogP contribution < -0.4 is 5.73 Å². The van der Waals surface area contributed by atoms with Gasteiger partial charge < -0.3 is 10.8 Å². The average molecular weight is 249 g/mol. The van der Waals surface area contributed by atoms with Crippen molar-refractivity contribution in [2.24, 2.45) is 0 Å². The molecule has 0 bridgehead atoms. The number of nitrogens with zero attached hydrogens (tertiary/aromatic N) is 2. The molecule has 0 aliphatic heterocycles. The highest BCUT2D eigenvalue weighted by Crippen LogP contribution is 2.26. The van der Waals surface area contributed by atoms with E-state index in [1.807, 2.05) is 20.8 Å². The molecule has 5 heteroatoms. The molecule has 1 aromatic carbocycles. The summed E-state index contributed by atoms with van der Waals surface area (Å²) in [5.74, 6) is -0.648. The highest BCUT2D eigenvalue weighted by molar-refractivity contribution is 5.46. The maximum atomic E-state index is 13.3. The molecule has 0 aliphatic rings. The molecule has 2 aromatic rings. The van der Waals surface area contributed by atoms with Gasteiger partial charge in [0.05, 0.1) is 11.4 Å².